The molecule has 1 heterocycles. The molecule has 1 amide bonds. The average molecular weight is 390 g/mol. The van der Waals surface area contributed by atoms with Crippen LogP contribution in [0.25, 0.3) is 0 Å². The zero-order chi connectivity index (χ0) is 18.4. The lowest BCUT2D eigenvalue weighted by molar-refractivity contribution is -0.132. The topological polar surface area (TPSA) is 54.5 Å². The van der Waals surface area contributed by atoms with Crippen molar-refractivity contribution in [2.24, 2.45) is 0 Å². The maximum Gasteiger partial charge on any atom is 0.233 e. The summed E-state index contributed by atoms with van der Waals surface area (Å²) in [6.45, 7) is 0.760. The van der Waals surface area contributed by atoms with Gasteiger partial charge in [-0.25, -0.2) is 8.42 Å². The summed E-state index contributed by atoms with van der Waals surface area (Å²) in [6, 6.07) is 15.9. The molecule has 1 saturated heterocycles. The van der Waals surface area contributed by atoms with Crippen molar-refractivity contribution in [2.45, 2.75) is 34.8 Å². The summed E-state index contributed by atoms with van der Waals surface area (Å²) in [5, 5.41) is 0.113. The van der Waals surface area contributed by atoms with E-state index in [0.717, 1.165) is 18.4 Å². The van der Waals surface area contributed by atoms with Crippen LogP contribution in [0.2, 0.25) is 5.02 Å². The van der Waals surface area contributed by atoms with Gasteiger partial charge in [-0.05, 0) is 49.1 Å². The number of rotatable bonds is 4. The average Bonchev–Trinajstić information content (AvgIpc) is 3.31. The molecule has 136 valence electrons. The van der Waals surface area contributed by atoms with E-state index in [2.05, 4.69) is 0 Å². The van der Waals surface area contributed by atoms with Crippen LogP contribution in [0.1, 0.15) is 24.8 Å². The highest BCUT2D eigenvalue weighted by atomic mass is 35.5. The fourth-order valence-electron chi connectivity index (χ4n) is 3.79. The van der Waals surface area contributed by atoms with Crippen LogP contribution in [0.4, 0.5) is 0 Å². The maximum absolute atomic E-state index is 13.1. The first kappa shape index (κ1) is 17.6. The molecule has 0 radical (unpaired) electrons. The van der Waals surface area contributed by atoms with Crippen LogP contribution >= 0.6 is 11.6 Å². The van der Waals surface area contributed by atoms with Crippen molar-refractivity contribution in [3.8, 4) is 0 Å². The first-order valence-corrected chi connectivity index (χ1v) is 10.7. The van der Waals surface area contributed by atoms with Crippen molar-refractivity contribution in [1.29, 1.82) is 0 Å². The SMILES string of the molecule is O=C(N1CCC(S(=O)(=O)c2ccccc2)C1)C1(c2ccc(Cl)cc2)CC1. The van der Waals surface area contributed by atoms with Crippen LogP contribution in [0.15, 0.2) is 59.5 Å². The molecule has 1 unspecified atom stereocenters. The zero-order valence-corrected chi connectivity index (χ0v) is 15.8. The van der Waals surface area contributed by atoms with Gasteiger partial charge in [-0.2, -0.15) is 0 Å². The van der Waals surface area contributed by atoms with Crippen LogP contribution in [0.5, 0.6) is 0 Å². The van der Waals surface area contributed by atoms with E-state index >= 15 is 0 Å². The molecular weight excluding hydrogens is 370 g/mol. The van der Waals surface area contributed by atoms with Gasteiger partial charge in [0.1, 0.15) is 0 Å². The number of nitrogens with zero attached hydrogens (tertiary/aromatic N) is 1. The van der Waals surface area contributed by atoms with Crippen molar-refractivity contribution in [2.75, 3.05) is 13.1 Å². The molecule has 2 fully saturated rings. The highest BCUT2D eigenvalue weighted by molar-refractivity contribution is 7.92. The van der Waals surface area contributed by atoms with E-state index in [-0.39, 0.29) is 12.5 Å². The Morgan fingerprint density at radius 1 is 1.04 bits per heavy atom. The Balaban J connectivity index is 1.52. The zero-order valence-electron chi connectivity index (χ0n) is 14.3. The van der Waals surface area contributed by atoms with Gasteiger partial charge in [0.2, 0.25) is 5.91 Å². The third kappa shape index (κ3) is 2.93. The quantitative estimate of drug-likeness (QED) is 0.804. The fraction of sp³-hybridized carbons (Fsp3) is 0.350. The van der Waals surface area contributed by atoms with Crippen LogP contribution in [-0.2, 0) is 20.0 Å². The summed E-state index contributed by atoms with van der Waals surface area (Å²) >= 11 is 5.95. The summed E-state index contributed by atoms with van der Waals surface area (Å²) in [5.41, 5.74) is 0.483. The second-order valence-electron chi connectivity index (χ2n) is 7.11. The largest absolute Gasteiger partial charge is 0.341 e. The second kappa shape index (κ2) is 6.39. The van der Waals surface area contributed by atoms with Gasteiger partial charge in [0.15, 0.2) is 9.84 Å². The van der Waals surface area contributed by atoms with Gasteiger partial charge in [-0.3, -0.25) is 4.79 Å². The van der Waals surface area contributed by atoms with E-state index < -0.39 is 20.5 Å². The number of hydrogen-bond acceptors (Lipinski definition) is 3. The summed E-state index contributed by atoms with van der Waals surface area (Å²) in [6.07, 6.45) is 2.10. The normalized spacial score (nSPS) is 21.6. The summed E-state index contributed by atoms with van der Waals surface area (Å²) in [4.78, 5) is 15.2. The fourth-order valence-corrected chi connectivity index (χ4v) is 5.63. The Labute approximate surface area is 158 Å². The molecule has 1 atom stereocenters. The van der Waals surface area contributed by atoms with Crippen molar-refractivity contribution >= 4 is 27.3 Å². The summed E-state index contributed by atoms with van der Waals surface area (Å²) in [7, 11) is -3.41. The number of benzene rings is 2. The van der Waals surface area contributed by atoms with Gasteiger partial charge in [-0.1, -0.05) is 41.9 Å². The molecule has 0 bridgehead atoms. The molecular formula is C20H20ClNO3S. The van der Waals surface area contributed by atoms with Crippen LogP contribution in [0, 0.1) is 0 Å². The van der Waals surface area contributed by atoms with Crippen LogP contribution in [0.3, 0.4) is 0 Å². The highest BCUT2D eigenvalue weighted by Crippen LogP contribution is 2.50. The van der Waals surface area contributed by atoms with E-state index in [9.17, 15) is 13.2 Å². The Kier molecular flexibility index (Phi) is 4.32. The van der Waals surface area contributed by atoms with E-state index in [1.165, 1.54) is 0 Å². The minimum absolute atomic E-state index is 0.0468. The van der Waals surface area contributed by atoms with Gasteiger partial charge in [0, 0.05) is 18.1 Å². The van der Waals surface area contributed by atoms with Crippen molar-refractivity contribution in [3.05, 3.63) is 65.2 Å². The lowest BCUT2D eigenvalue weighted by atomic mass is 9.94. The predicted octanol–water partition coefficient (Wildman–Crippen LogP) is 3.45. The molecule has 2 aromatic rings. The highest BCUT2D eigenvalue weighted by Gasteiger charge is 2.54. The number of carbonyl (C=O) groups excluding carboxylic acids is 1. The van der Waals surface area contributed by atoms with E-state index in [4.69, 9.17) is 11.6 Å². The van der Waals surface area contributed by atoms with Gasteiger partial charge < -0.3 is 4.90 Å². The van der Waals surface area contributed by atoms with E-state index in [0.29, 0.717) is 22.9 Å². The molecule has 4 rings (SSSR count). The minimum atomic E-state index is -3.41. The monoisotopic (exact) mass is 389 g/mol. The molecule has 0 N–H and O–H groups in total. The first-order chi connectivity index (χ1) is 12.4. The molecule has 0 spiro atoms. The van der Waals surface area contributed by atoms with E-state index in [1.54, 1.807) is 47.4 Å². The van der Waals surface area contributed by atoms with Crippen LogP contribution < -0.4 is 0 Å². The Hall–Kier alpha value is -1.85. The lowest BCUT2D eigenvalue weighted by Crippen LogP contribution is -2.39. The number of halogens is 1. The van der Waals surface area contributed by atoms with Gasteiger partial charge in [0.25, 0.3) is 0 Å². The predicted molar refractivity (Wildman–Crippen MR) is 101 cm³/mol. The smallest absolute Gasteiger partial charge is 0.233 e. The lowest BCUT2D eigenvalue weighted by Gasteiger charge is -2.23. The summed E-state index contributed by atoms with van der Waals surface area (Å²) in [5.74, 6) is 0.0468. The Bertz CT molecular complexity index is 921. The number of carbonyl (C=O) groups is 1. The molecule has 4 nitrogen and oxygen atoms in total. The standard InChI is InChI=1S/C20H20ClNO3S/c21-16-8-6-15(7-9-16)20(11-12-20)19(23)22-13-10-18(14-22)26(24,25)17-4-2-1-3-5-17/h1-9,18H,10-14H2. The van der Waals surface area contributed by atoms with Gasteiger partial charge in [0.05, 0.1) is 15.6 Å². The molecule has 2 aromatic carbocycles. The number of hydrogen-bond donors (Lipinski definition) is 0. The molecule has 0 aromatic heterocycles. The Morgan fingerprint density at radius 2 is 1.69 bits per heavy atom. The molecule has 1 aliphatic carbocycles. The second-order valence-corrected chi connectivity index (χ2v) is 9.77. The van der Waals surface area contributed by atoms with Crippen molar-refractivity contribution < 1.29 is 13.2 Å². The van der Waals surface area contributed by atoms with E-state index in [1.807, 2.05) is 12.1 Å². The van der Waals surface area contributed by atoms with Crippen LogP contribution in [-0.4, -0.2) is 37.6 Å². The number of likely N-dealkylation sites (tertiary alicyclic amines) is 1. The van der Waals surface area contributed by atoms with Gasteiger partial charge in [-0.15, -0.1) is 0 Å². The van der Waals surface area contributed by atoms with Crippen molar-refractivity contribution in [3.63, 3.8) is 0 Å². The third-order valence-electron chi connectivity index (χ3n) is 5.50. The molecule has 6 heteroatoms. The summed E-state index contributed by atoms with van der Waals surface area (Å²) < 4.78 is 25.6. The Morgan fingerprint density at radius 3 is 2.31 bits per heavy atom. The maximum atomic E-state index is 13.1. The molecule has 1 aliphatic heterocycles. The molecule has 1 saturated carbocycles. The number of sulfone groups is 1. The molecule has 2 aliphatic rings. The van der Waals surface area contributed by atoms with Crippen molar-refractivity contribution in [1.82, 2.24) is 4.90 Å². The number of amides is 1. The third-order valence-corrected chi connectivity index (χ3v) is 7.94. The molecule has 26 heavy (non-hydrogen) atoms. The first-order valence-electron chi connectivity index (χ1n) is 8.78. The minimum Gasteiger partial charge on any atom is -0.341 e. The van der Waals surface area contributed by atoms with Gasteiger partial charge >= 0.3 is 0 Å².